The van der Waals surface area contributed by atoms with Crippen molar-refractivity contribution in [2.45, 2.75) is 18.4 Å². The molecule has 8 heteroatoms. The van der Waals surface area contributed by atoms with Gasteiger partial charge in [-0.2, -0.15) is 13.5 Å². The Morgan fingerprint density at radius 2 is 1.70 bits per heavy atom. The highest BCUT2D eigenvalue weighted by atomic mass is 79.9. The monoisotopic (exact) mass is 488 g/mol. The van der Waals surface area contributed by atoms with Crippen LogP contribution in [0.3, 0.4) is 0 Å². The number of ether oxygens (including phenoxy) is 2. The van der Waals surface area contributed by atoms with Crippen LogP contribution in [0.15, 0.2) is 81.2 Å². The van der Waals surface area contributed by atoms with Crippen molar-refractivity contribution >= 4 is 32.2 Å². The van der Waals surface area contributed by atoms with Gasteiger partial charge in [0.1, 0.15) is 6.61 Å². The van der Waals surface area contributed by atoms with Crippen LogP contribution < -0.4 is 14.3 Å². The van der Waals surface area contributed by atoms with E-state index in [0.717, 1.165) is 15.6 Å². The number of hydrogen-bond donors (Lipinski definition) is 1. The van der Waals surface area contributed by atoms with Crippen molar-refractivity contribution in [1.29, 1.82) is 0 Å². The lowest BCUT2D eigenvalue weighted by Gasteiger charge is -2.11. The van der Waals surface area contributed by atoms with E-state index in [2.05, 4.69) is 25.9 Å². The summed E-state index contributed by atoms with van der Waals surface area (Å²) in [5.41, 5.74) is 2.64. The molecule has 0 saturated carbocycles. The van der Waals surface area contributed by atoms with Crippen molar-refractivity contribution < 1.29 is 17.9 Å². The third-order valence-corrected chi connectivity index (χ3v) is 5.98. The fraction of sp³-hybridized carbons (Fsp3) is 0.136. The average Bonchev–Trinajstić information content (AvgIpc) is 2.73. The predicted molar refractivity (Wildman–Crippen MR) is 121 cm³/mol. The van der Waals surface area contributed by atoms with Gasteiger partial charge in [0.15, 0.2) is 11.5 Å². The number of nitrogens with zero attached hydrogens (tertiary/aromatic N) is 1. The number of hydrogen-bond acceptors (Lipinski definition) is 5. The number of aryl methyl sites for hydroxylation is 1. The Bertz CT molecular complexity index is 1130. The second-order valence-electron chi connectivity index (χ2n) is 6.49. The second kappa shape index (κ2) is 9.77. The van der Waals surface area contributed by atoms with Crippen molar-refractivity contribution in [3.05, 3.63) is 87.9 Å². The van der Waals surface area contributed by atoms with Gasteiger partial charge in [-0.15, -0.1) is 0 Å². The molecule has 0 saturated heterocycles. The van der Waals surface area contributed by atoms with Crippen molar-refractivity contribution in [2.75, 3.05) is 7.11 Å². The number of hydrazone groups is 1. The Morgan fingerprint density at radius 3 is 2.37 bits per heavy atom. The van der Waals surface area contributed by atoms with Gasteiger partial charge >= 0.3 is 0 Å². The number of benzene rings is 3. The molecule has 30 heavy (non-hydrogen) atoms. The van der Waals surface area contributed by atoms with Crippen molar-refractivity contribution in [1.82, 2.24) is 4.83 Å². The zero-order valence-corrected chi connectivity index (χ0v) is 18.9. The summed E-state index contributed by atoms with van der Waals surface area (Å²) in [7, 11) is -2.17. The van der Waals surface area contributed by atoms with Gasteiger partial charge in [-0.25, -0.2) is 4.83 Å². The summed E-state index contributed by atoms with van der Waals surface area (Å²) in [6.45, 7) is 2.26. The molecule has 3 aromatic rings. The van der Waals surface area contributed by atoms with E-state index in [0.29, 0.717) is 23.7 Å². The normalized spacial score (nSPS) is 11.4. The lowest BCUT2D eigenvalue weighted by Crippen LogP contribution is -2.18. The summed E-state index contributed by atoms with van der Waals surface area (Å²) in [4.78, 5) is 2.37. The first-order valence-corrected chi connectivity index (χ1v) is 11.3. The van der Waals surface area contributed by atoms with Gasteiger partial charge in [0.2, 0.25) is 0 Å². The summed E-state index contributed by atoms with van der Waals surface area (Å²) < 4.78 is 36.8. The molecule has 0 radical (unpaired) electrons. The van der Waals surface area contributed by atoms with Gasteiger partial charge < -0.3 is 9.47 Å². The van der Waals surface area contributed by atoms with Crippen LogP contribution in [0.5, 0.6) is 11.5 Å². The summed E-state index contributed by atoms with van der Waals surface area (Å²) in [6, 6.07) is 19.6. The molecule has 0 heterocycles. The Labute approximate surface area is 184 Å². The van der Waals surface area contributed by atoms with Crippen LogP contribution in [0.2, 0.25) is 0 Å². The molecule has 3 rings (SSSR count). The highest BCUT2D eigenvalue weighted by Crippen LogP contribution is 2.28. The minimum atomic E-state index is -3.73. The first-order chi connectivity index (χ1) is 14.4. The topological polar surface area (TPSA) is 77.0 Å². The summed E-state index contributed by atoms with van der Waals surface area (Å²) >= 11 is 3.41. The maximum absolute atomic E-state index is 12.3. The molecule has 156 valence electrons. The lowest BCUT2D eigenvalue weighted by atomic mass is 10.2. The number of sulfonamides is 1. The van der Waals surface area contributed by atoms with Crippen LogP contribution in [0.1, 0.15) is 16.7 Å². The third-order valence-electron chi connectivity index (χ3n) is 4.21. The molecule has 0 spiro atoms. The molecule has 0 aromatic heterocycles. The molecular weight excluding hydrogens is 468 g/mol. The first-order valence-electron chi connectivity index (χ1n) is 9.04. The maximum Gasteiger partial charge on any atom is 0.276 e. The van der Waals surface area contributed by atoms with Crippen LogP contribution in [-0.2, 0) is 16.6 Å². The molecule has 3 aromatic carbocycles. The average molecular weight is 489 g/mol. The van der Waals surface area contributed by atoms with E-state index in [4.69, 9.17) is 9.47 Å². The predicted octanol–water partition coefficient (Wildman–Crippen LogP) is 4.66. The van der Waals surface area contributed by atoms with Crippen molar-refractivity contribution in [2.24, 2.45) is 5.10 Å². The van der Waals surface area contributed by atoms with E-state index in [1.807, 2.05) is 31.2 Å². The quantitative estimate of drug-likeness (QED) is 0.369. The van der Waals surface area contributed by atoms with Crippen LogP contribution in [0.25, 0.3) is 0 Å². The van der Waals surface area contributed by atoms with Crippen molar-refractivity contribution in [3.8, 4) is 11.5 Å². The van der Waals surface area contributed by atoms with Gasteiger partial charge in [0.05, 0.1) is 18.2 Å². The molecule has 0 atom stereocenters. The molecule has 0 fully saturated rings. The van der Waals surface area contributed by atoms with Crippen LogP contribution in [0, 0.1) is 6.92 Å². The zero-order valence-electron chi connectivity index (χ0n) is 16.5. The molecule has 0 amide bonds. The smallest absolute Gasteiger partial charge is 0.276 e. The molecule has 1 N–H and O–H groups in total. The number of halogens is 1. The summed E-state index contributed by atoms with van der Waals surface area (Å²) in [5, 5.41) is 3.87. The molecular formula is C22H21BrN2O4S. The van der Waals surface area contributed by atoms with Gasteiger partial charge in [0.25, 0.3) is 10.0 Å². The SMILES string of the molecule is COc1ccc(/C=N\NS(=O)(=O)c2ccc(C)cc2)cc1OCc1ccc(Br)cc1. The van der Waals surface area contributed by atoms with Gasteiger partial charge in [-0.05, 0) is 60.5 Å². The summed E-state index contributed by atoms with van der Waals surface area (Å²) in [5.74, 6) is 1.11. The highest BCUT2D eigenvalue weighted by Gasteiger charge is 2.12. The largest absolute Gasteiger partial charge is 0.493 e. The van der Waals surface area contributed by atoms with Crippen LogP contribution >= 0.6 is 15.9 Å². The molecule has 0 aliphatic heterocycles. The fourth-order valence-electron chi connectivity index (χ4n) is 2.57. The molecule has 0 unspecified atom stereocenters. The number of nitrogens with one attached hydrogen (secondary N) is 1. The molecule has 0 bridgehead atoms. The summed E-state index contributed by atoms with van der Waals surface area (Å²) in [6.07, 6.45) is 1.41. The van der Waals surface area contributed by atoms with E-state index in [-0.39, 0.29) is 4.90 Å². The molecule has 0 aliphatic carbocycles. The highest BCUT2D eigenvalue weighted by molar-refractivity contribution is 9.10. The first kappa shape index (κ1) is 21.9. The second-order valence-corrected chi connectivity index (χ2v) is 9.07. The van der Waals surface area contributed by atoms with E-state index < -0.39 is 10.0 Å². The minimum Gasteiger partial charge on any atom is -0.493 e. The zero-order chi connectivity index (χ0) is 21.6. The fourth-order valence-corrected chi connectivity index (χ4v) is 3.62. The van der Waals surface area contributed by atoms with Gasteiger partial charge in [-0.1, -0.05) is 45.8 Å². The standard InChI is InChI=1S/C22H21BrN2O4S/c1-16-3-10-20(11-4-16)30(26,27)25-24-14-18-7-12-21(28-2)22(13-18)29-15-17-5-8-19(23)9-6-17/h3-14,25H,15H2,1-2H3/b24-14-. The van der Waals surface area contributed by atoms with Crippen molar-refractivity contribution in [3.63, 3.8) is 0 Å². The van der Waals surface area contributed by atoms with E-state index >= 15 is 0 Å². The van der Waals surface area contributed by atoms with Gasteiger partial charge in [-0.3, -0.25) is 0 Å². The number of methoxy groups -OCH3 is 1. The molecule has 6 nitrogen and oxygen atoms in total. The maximum atomic E-state index is 12.3. The van der Waals surface area contributed by atoms with Crippen LogP contribution in [-0.4, -0.2) is 21.7 Å². The number of rotatable bonds is 8. The Kier molecular flexibility index (Phi) is 7.12. The lowest BCUT2D eigenvalue weighted by molar-refractivity contribution is 0.284. The third kappa shape index (κ3) is 5.84. The molecule has 0 aliphatic rings. The Morgan fingerprint density at radius 1 is 1.00 bits per heavy atom. The van der Waals surface area contributed by atoms with Crippen LogP contribution in [0.4, 0.5) is 0 Å². The van der Waals surface area contributed by atoms with Gasteiger partial charge in [0, 0.05) is 4.47 Å². The Hall–Kier alpha value is -2.84. The minimum absolute atomic E-state index is 0.151. The van der Waals surface area contributed by atoms with E-state index in [9.17, 15) is 8.42 Å². The Balaban J connectivity index is 1.70. The van der Waals surface area contributed by atoms with E-state index in [1.165, 1.54) is 18.3 Å². The van der Waals surface area contributed by atoms with E-state index in [1.54, 1.807) is 37.4 Å².